The van der Waals surface area contributed by atoms with Crippen LogP contribution in [-0.4, -0.2) is 19.5 Å². The van der Waals surface area contributed by atoms with E-state index in [-0.39, 0.29) is 0 Å². The van der Waals surface area contributed by atoms with E-state index in [1.807, 2.05) is 65.6 Å². The highest BCUT2D eigenvalue weighted by molar-refractivity contribution is 5.78. The van der Waals surface area contributed by atoms with E-state index in [4.69, 9.17) is 0 Å². The van der Waals surface area contributed by atoms with Crippen LogP contribution >= 0.6 is 0 Å². The quantitative estimate of drug-likeness (QED) is 0.415. The van der Waals surface area contributed by atoms with Crippen LogP contribution in [0.15, 0.2) is 97.7 Å². The Balaban J connectivity index is 1.42. The Labute approximate surface area is 168 Å². The Hall–Kier alpha value is -4.23. The molecule has 0 amide bonds. The van der Waals surface area contributed by atoms with E-state index in [0.29, 0.717) is 0 Å². The van der Waals surface area contributed by atoms with Gasteiger partial charge in [0.15, 0.2) is 0 Å². The van der Waals surface area contributed by atoms with Crippen LogP contribution in [0.4, 0.5) is 0 Å². The summed E-state index contributed by atoms with van der Waals surface area (Å²) in [6.07, 6.45) is 7.22. The molecule has 0 fully saturated rings. The summed E-state index contributed by atoms with van der Waals surface area (Å²) in [4.78, 5) is 13.0. The van der Waals surface area contributed by atoms with Gasteiger partial charge in [0.25, 0.3) is 0 Å². The largest absolute Gasteiger partial charge is 0.299 e. The summed E-state index contributed by atoms with van der Waals surface area (Å²) in [7, 11) is 0. The van der Waals surface area contributed by atoms with Crippen LogP contribution in [0.3, 0.4) is 0 Å². The Morgan fingerprint density at radius 1 is 0.724 bits per heavy atom. The van der Waals surface area contributed by atoms with Gasteiger partial charge in [-0.1, -0.05) is 42.3 Å². The maximum absolute atomic E-state index is 4.60. The van der Waals surface area contributed by atoms with E-state index in [2.05, 4.69) is 51.1 Å². The van der Waals surface area contributed by atoms with Crippen LogP contribution in [-0.2, 0) is 0 Å². The fourth-order valence-corrected chi connectivity index (χ4v) is 3.22. The van der Waals surface area contributed by atoms with Crippen molar-refractivity contribution in [3.05, 3.63) is 109 Å². The average Bonchev–Trinajstić information content (AvgIpc) is 3.28. The molecule has 136 valence electrons. The lowest BCUT2D eigenvalue weighted by Crippen LogP contribution is -1.95. The second-order valence-corrected chi connectivity index (χ2v) is 6.57. The van der Waals surface area contributed by atoms with Crippen molar-refractivity contribution in [3.63, 3.8) is 0 Å². The van der Waals surface area contributed by atoms with Gasteiger partial charge in [-0.25, -0.2) is 9.97 Å². The molecule has 4 nitrogen and oxygen atoms in total. The molecule has 5 rings (SSSR count). The maximum Gasteiger partial charge on any atom is 0.114 e. The monoisotopic (exact) mass is 372 g/mol. The van der Waals surface area contributed by atoms with E-state index < -0.39 is 0 Å². The van der Waals surface area contributed by atoms with Gasteiger partial charge in [0.1, 0.15) is 5.69 Å². The van der Waals surface area contributed by atoms with E-state index in [0.717, 1.165) is 39.1 Å². The predicted molar refractivity (Wildman–Crippen MR) is 115 cm³/mol. The van der Waals surface area contributed by atoms with Crippen LogP contribution in [0.25, 0.3) is 27.8 Å². The molecule has 0 saturated carbocycles. The van der Waals surface area contributed by atoms with Gasteiger partial charge >= 0.3 is 0 Å². The zero-order valence-corrected chi connectivity index (χ0v) is 15.5. The van der Waals surface area contributed by atoms with E-state index in [1.54, 1.807) is 12.4 Å². The molecule has 0 aliphatic heterocycles. The van der Waals surface area contributed by atoms with E-state index in [9.17, 15) is 0 Å². The van der Waals surface area contributed by atoms with Crippen molar-refractivity contribution < 1.29 is 0 Å². The molecule has 5 aromatic rings. The lowest BCUT2D eigenvalue weighted by atomic mass is 10.1. The van der Waals surface area contributed by atoms with Gasteiger partial charge < -0.3 is 0 Å². The minimum Gasteiger partial charge on any atom is -0.299 e. The fourth-order valence-electron chi connectivity index (χ4n) is 3.22. The fraction of sp³-hybridized carbons (Fsp3) is 0. The Kier molecular flexibility index (Phi) is 4.32. The Bertz CT molecular complexity index is 1340. The van der Waals surface area contributed by atoms with Gasteiger partial charge in [-0.2, -0.15) is 0 Å². The number of aromatic nitrogens is 4. The highest BCUT2D eigenvalue weighted by Gasteiger charge is 2.06. The molecular weight excluding hydrogens is 356 g/mol. The van der Waals surface area contributed by atoms with Crippen molar-refractivity contribution in [1.82, 2.24) is 19.5 Å². The lowest BCUT2D eigenvalue weighted by molar-refractivity contribution is 1.05. The number of hydrogen-bond donors (Lipinski definition) is 0. The lowest BCUT2D eigenvalue weighted by Gasteiger charge is -2.08. The third kappa shape index (κ3) is 3.50. The molecule has 0 aliphatic rings. The first-order valence-corrected chi connectivity index (χ1v) is 9.28. The van der Waals surface area contributed by atoms with Crippen molar-refractivity contribution in [1.29, 1.82) is 0 Å². The molecular formula is C25H16N4. The number of hydrogen-bond acceptors (Lipinski definition) is 3. The SMILES string of the molecule is C(#Cc1ccc2ccccc2n1)c1ccc(-c2cncn2-c2ccncc2)cc1. The number of rotatable bonds is 2. The highest BCUT2D eigenvalue weighted by atomic mass is 15.1. The minimum absolute atomic E-state index is 0.767. The molecule has 0 spiro atoms. The van der Waals surface area contributed by atoms with E-state index >= 15 is 0 Å². The van der Waals surface area contributed by atoms with Crippen molar-refractivity contribution in [2.75, 3.05) is 0 Å². The summed E-state index contributed by atoms with van der Waals surface area (Å²) >= 11 is 0. The molecule has 29 heavy (non-hydrogen) atoms. The molecule has 0 unspecified atom stereocenters. The highest BCUT2D eigenvalue weighted by Crippen LogP contribution is 2.22. The van der Waals surface area contributed by atoms with Gasteiger partial charge in [0.2, 0.25) is 0 Å². The third-order valence-corrected chi connectivity index (χ3v) is 4.69. The first-order chi connectivity index (χ1) is 14.4. The normalized spacial score (nSPS) is 10.5. The first-order valence-electron chi connectivity index (χ1n) is 9.28. The molecule has 0 radical (unpaired) electrons. The summed E-state index contributed by atoms with van der Waals surface area (Å²) in [5, 5.41) is 1.12. The molecule has 0 saturated heterocycles. The van der Waals surface area contributed by atoms with Crippen molar-refractivity contribution >= 4 is 10.9 Å². The van der Waals surface area contributed by atoms with Crippen molar-refractivity contribution in [2.45, 2.75) is 0 Å². The molecule has 3 heterocycles. The first kappa shape index (κ1) is 16.9. The smallest absolute Gasteiger partial charge is 0.114 e. The van der Waals surface area contributed by atoms with E-state index in [1.165, 1.54) is 0 Å². The Morgan fingerprint density at radius 3 is 2.41 bits per heavy atom. The van der Waals surface area contributed by atoms with Gasteiger partial charge in [-0.3, -0.25) is 9.55 Å². The Morgan fingerprint density at radius 2 is 1.55 bits per heavy atom. The molecule has 0 aliphatic carbocycles. The molecule has 4 heteroatoms. The topological polar surface area (TPSA) is 43.6 Å². The van der Waals surface area contributed by atoms with Gasteiger partial charge in [0.05, 0.1) is 29.4 Å². The molecule has 0 atom stereocenters. The number of para-hydroxylation sites is 1. The van der Waals surface area contributed by atoms with Gasteiger partial charge in [-0.15, -0.1) is 0 Å². The van der Waals surface area contributed by atoms with Crippen molar-refractivity contribution in [2.24, 2.45) is 0 Å². The number of pyridine rings is 2. The van der Waals surface area contributed by atoms with Crippen molar-refractivity contribution in [3.8, 4) is 28.8 Å². The van der Waals surface area contributed by atoms with Crippen LogP contribution in [0.2, 0.25) is 0 Å². The number of nitrogens with zero attached hydrogens (tertiary/aromatic N) is 4. The van der Waals surface area contributed by atoms with Crippen LogP contribution in [0.1, 0.15) is 11.3 Å². The zero-order valence-electron chi connectivity index (χ0n) is 15.5. The predicted octanol–water partition coefficient (Wildman–Crippen LogP) is 4.88. The summed E-state index contributed by atoms with van der Waals surface area (Å²) in [5.74, 6) is 6.36. The second-order valence-electron chi connectivity index (χ2n) is 6.57. The number of benzene rings is 2. The maximum atomic E-state index is 4.60. The van der Waals surface area contributed by atoms with Gasteiger partial charge in [-0.05, 0) is 42.3 Å². The molecule has 0 N–H and O–H groups in total. The zero-order chi connectivity index (χ0) is 19.5. The van der Waals surface area contributed by atoms with Crippen LogP contribution in [0.5, 0.6) is 0 Å². The summed E-state index contributed by atoms with van der Waals surface area (Å²) < 4.78 is 2.04. The molecule has 3 aromatic heterocycles. The standard InChI is InChI=1S/C25H16N4/c1-2-4-24-20(3-1)10-12-22(28-24)11-7-19-5-8-21(9-6-19)25-17-27-18-29(25)23-13-15-26-16-14-23/h1-6,8-10,12-18H. The summed E-state index contributed by atoms with van der Waals surface area (Å²) in [6, 6.07) is 24.1. The average molecular weight is 372 g/mol. The van der Waals surface area contributed by atoms with Gasteiger partial charge in [0, 0.05) is 28.9 Å². The van der Waals surface area contributed by atoms with Crippen LogP contribution < -0.4 is 0 Å². The number of fused-ring (bicyclic) bond motifs is 1. The number of imidazole rings is 1. The van der Waals surface area contributed by atoms with Crippen LogP contribution in [0, 0.1) is 11.8 Å². The molecule has 0 bridgehead atoms. The minimum atomic E-state index is 0.767. The molecule has 2 aromatic carbocycles. The third-order valence-electron chi connectivity index (χ3n) is 4.69. The summed E-state index contributed by atoms with van der Waals surface area (Å²) in [5.41, 5.74) is 5.79. The summed E-state index contributed by atoms with van der Waals surface area (Å²) in [6.45, 7) is 0. The second kappa shape index (κ2) is 7.41.